The Morgan fingerprint density at radius 2 is 2.27 bits per heavy atom. The molecule has 0 aliphatic heterocycles. The van der Waals surface area contributed by atoms with Crippen LogP contribution in [0.2, 0.25) is 0 Å². The number of nitrogens with zero attached hydrogens (tertiary/aromatic N) is 3. The highest BCUT2D eigenvalue weighted by molar-refractivity contribution is 5.73. The van der Waals surface area contributed by atoms with E-state index >= 15 is 0 Å². The summed E-state index contributed by atoms with van der Waals surface area (Å²) in [6.45, 7) is 3.08. The van der Waals surface area contributed by atoms with E-state index in [1.165, 1.54) is 25.7 Å². The van der Waals surface area contributed by atoms with Crippen LogP contribution in [-0.4, -0.2) is 21.3 Å². The average molecular weight is 207 g/mol. The topological polar surface area (TPSA) is 47.8 Å². The first-order chi connectivity index (χ1) is 7.36. The van der Waals surface area contributed by atoms with E-state index < -0.39 is 0 Å². The van der Waals surface area contributed by atoms with E-state index in [1.807, 2.05) is 4.68 Å². The largest absolute Gasteiger partial charge is 0.296 e. The molecule has 4 nitrogen and oxygen atoms in total. The minimum absolute atomic E-state index is 0.543. The molecule has 0 radical (unpaired) electrons. The van der Waals surface area contributed by atoms with Crippen molar-refractivity contribution in [3.8, 4) is 0 Å². The van der Waals surface area contributed by atoms with E-state index in [2.05, 4.69) is 17.2 Å². The van der Waals surface area contributed by atoms with Gasteiger partial charge in [0.2, 0.25) is 0 Å². The number of rotatable bonds is 6. The second-order valence-corrected chi connectivity index (χ2v) is 4.18. The molecule has 4 heteroatoms. The quantitative estimate of drug-likeness (QED) is 0.530. The van der Waals surface area contributed by atoms with Crippen LogP contribution in [0, 0.1) is 0 Å². The summed E-state index contributed by atoms with van der Waals surface area (Å²) < 4.78 is 1.93. The minimum Gasteiger partial charge on any atom is -0.296 e. The molecule has 0 spiro atoms. The smallest absolute Gasteiger partial charge is 0.172 e. The number of aromatic nitrogens is 3. The van der Waals surface area contributed by atoms with Crippen LogP contribution in [0.15, 0.2) is 0 Å². The molecule has 1 fully saturated rings. The molecule has 0 bridgehead atoms. The number of hydrogen-bond donors (Lipinski definition) is 0. The molecule has 0 amide bonds. The fraction of sp³-hybridized carbons (Fsp3) is 0.727. The predicted octanol–water partition coefficient (Wildman–Crippen LogP) is 2.16. The zero-order valence-electron chi connectivity index (χ0n) is 9.15. The average Bonchev–Trinajstić information content (AvgIpc) is 3.00. The molecular formula is C11H17N3O. The summed E-state index contributed by atoms with van der Waals surface area (Å²) in [5.74, 6) is 0.543. The van der Waals surface area contributed by atoms with Gasteiger partial charge in [0.15, 0.2) is 6.29 Å². The Kier molecular flexibility index (Phi) is 3.14. The Morgan fingerprint density at radius 3 is 2.87 bits per heavy atom. The van der Waals surface area contributed by atoms with Crippen molar-refractivity contribution in [3.05, 3.63) is 11.4 Å². The number of carbonyl (C=O) groups is 1. The van der Waals surface area contributed by atoms with Crippen molar-refractivity contribution in [1.29, 1.82) is 0 Å². The van der Waals surface area contributed by atoms with Crippen LogP contribution in [0.3, 0.4) is 0 Å². The minimum atomic E-state index is 0.543. The molecule has 2 rings (SSSR count). The van der Waals surface area contributed by atoms with Gasteiger partial charge in [-0.3, -0.25) is 4.79 Å². The third kappa shape index (κ3) is 2.25. The van der Waals surface area contributed by atoms with Gasteiger partial charge in [0.25, 0.3) is 0 Å². The molecule has 1 heterocycles. The number of unbranched alkanes of at least 4 members (excludes halogenated alkanes) is 2. The Morgan fingerprint density at radius 1 is 1.47 bits per heavy atom. The van der Waals surface area contributed by atoms with Gasteiger partial charge in [0, 0.05) is 12.5 Å². The molecule has 1 aromatic rings. The molecule has 1 aromatic heterocycles. The lowest BCUT2D eigenvalue weighted by atomic mass is 10.2. The van der Waals surface area contributed by atoms with Gasteiger partial charge >= 0.3 is 0 Å². The van der Waals surface area contributed by atoms with E-state index in [-0.39, 0.29) is 0 Å². The van der Waals surface area contributed by atoms with Gasteiger partial charge in [-0.1, -0.05) is 25.0 Å². The van der Waals surface area contributed by atoms with Crippen molar-refractivity contribution in [2.45, 2.75) is 51.5 Å². The number of aldehydes is 1. The lowest BCUT2D eigenvalue weighted by Crippen LogP contribution is -2.05. The second kappa shape index (κ2) is 4.55. The Labute approximate surface area is 89.7 Å². The van der Waals surface area contributed by atoms with Crippen molar-refractivity contribution in [2.75, 3.05) is 0 Å². The highest BCUT2D eigenvalue weighted by Gasteiger charge is 2.30. The first kappa shape index (κ1) is 10.3. The van der Waals surface area contributed by atoms with Gasteiger partial charge in [-0.05, 0) is 19.3 Å². The van der Waals surface area contributed by atoms with E-state index in [1.54, 1.807) is 0 Å². The number of aryl methyl sites for hydroxylation is 1. The SMILES string of the molecule is CCCCCn1nnc(C=O)c1C1CC1. The van der Waals surface area contributed by atoms with Crippen LogP contribution >= 0.6 is 0 Å². The van der Waals surface area contributed by atoms with Crippen LogP contribution in [-0.2, 0) is 6.54 Å². The van der Waals surface area contributed by atoms with Gasteiger partial charge in [-0.15, -0.1) is 5.10 Å². The first-order valence-corrected chi connectivity index (χ1v) is 5.75. The van der Waals surface area contributed by atoms with E-state index in [9.17, 15) is 4.79 Å². The molecule has 0 N–H and O–H groups in total. The van der Waals surface area contributed by atoms with Crippen LogP contribution in [0.5, 0.6) is 0 Å². The highest BCUT2D eigenvalue weighted by atomic mass is 16.1. The van der Waals surface area contributed by atoms with Crippen molar-refractivity contribution >= 4 is 6.29 Å². The van der Waals surface area contributed by atoms with Crippen molar-refractivity contribution in [3.63, 3.8) is 0 Å². The molecule has 1 aliphatic rings. The summed E-state index contributed by atoms with van der Waals surface area (Å²) in [5, 5.41) is 7.97. The fourth-order valence-electron chi connectivity index (χ4n) is 1.87. The summed E-state index contributed by atoms with van der Waals surface area (Å²) in [5.41, 5.74) is 1.62. The molecule has 82 valence electrons. The summed E-state index contributed by atoms with van der Waals surface area (Å²) >= 11 is 0. The summed E-state index contributed by atoms with van der Waals surface area (Å²) in [7, 11) is 0. The van der Waals surface area contributed by atoms with Crippen molar-refractivity contribution < 1.29 is 4.79 Å². The van der Waals surface area contributed by atoms with E-state index in [0.717, 1.165) is 24.9 Å². The van der Waals surface area contributed by atoms with Gasteiger partial charge in [0.1, 0.15) is 5.69 Å². The molecule has 15 heavy (non-hydrogen) atoms. The zero-order valence-corrected chi connectivity index (χ0v) is 9.15. The monoisotopic (exact) mass is 207 g/mol. The third-order valence-electron chi connectivity index (χ3n) is 2.85. The van der Waals surface area contributed by atoms with Gasteiger partial charge in [-0.25, -0.2) is 4.68 Å². The van der Waals surface area contributed by atoms with Gasteiger partial charge < -0.3 is 0 Å². The molecule has 0 unspecified atom stereocenters. The summed E-state index contributed by atoms with van der Waals surface area (Å²) in [4.78, 5) is 10.8. The summed E-state index contributed by atoms with van der Waals surface area (Å²) in [6.07, 6.45) is 6.73. The number of hydrogen-bond acceptors (Lipinski definition) is 3. The highest BCUT2D eigenvalue weighted by Crippen LogP contribution is 2.40. The second-order valence-electron chi connectivity index (χ2n) is 4.18. The maximum absolute atomic E-state index is 10.8. The predicted molar refractivity (Wildman–Crippen MR) is 56.9 cm³/mol. The van der Waals surface area contributed by atoms with Crippen LogP contribution < -0.4 is 0 Å². The standard InChI is InChI=1S/C11H17N3O/c1-2-3-4-7-14-11(9-5-6-9)10(8-15)12-13-14/h8-9H,2-7H2,1H3. The molecule has 1 saturated carbocycles. The van der Waals surface area contributed by atoms with Gasteiger partial charge in [-0.2, -0.15) is 0 Å². The first-order valence-electron chi connectivity index (χ1n) is 5.75. The Balaban J connectivity index is 2.08. The maximum Gasteiger partial charge on any atom is 0.172 e. The van der Waals surface area contributed by atoms with E-state index in [0.29, 0.717) is 11.6 Å². The lowest BCUT2D eigenvalue weighted by Gasteiger charge is -2.04. The maximum atomic E-state index is 10.8. The molecule has 0 saturated heterocycles. The van der Waals surface area contributed by atoms with Crippen LogP contribution in [0.25, 0.3) is 0 Å². The van der Waals surface area contributed by atoms with E-state index in [4.69, 9.17) is 0 Å². The number of carbonyl (C=O) groups excluding carboxylic acids is 1. The van der Waals surface area contributed by atoms with Gasteiger partial charge in [0.05, 0.1) is 5.69 Å². The summed E-state index contributed by atoms with van der Waals surface area (Å²) in [6, 6.07) is 0. The molecule has 0 aromatic carbocycles. The normalized spacial score (nSPS) is 15.5. The Hall–Kier alpha value is -1.19. The zero-order chi connectivity index (χ0) is 10.7. The molecule has 1 aliphatic carbocycles. The molecule has 0 atom stereocenters. The van der Waals surface area contributed by atoms with Crippen molar-refractivity contribution in [2.24, 2.45) is 0 Å². The van der Waals surface area contributed by atoms with Crippen molar-refractivity contribution in [1.82, 2.24) is 15.0 Å². The van der Waals surface area contributed by atoms with Crippen LogP contribution in [0.4, 0.5) is 0 Å². The Bertz CT molecular complexity index is 342. The van der Waals surface area contributed by atoms with Crippen LogP contribution in [0.1, 0.15) is 61.1 Å². The third-order valence-corrected chi connectivity index (χ3v) is 2.85. The molecular weight excluding hydrogens is 190 g/mol. The lowest BCUT2D eigenvalue weighted by molar-refractivity contribution is 0.111. The fourth-order valence-corrected chi connectivity index (χ4v) is 1.87.